The summed E-state index contributed by atoms with van der Waals surface area (Å²) in [6, 6.07) is 0.0718. The standard InChI is InChI=1S/C15H18N2O2/c1-10(8-9-14(18)19)17-13-7-3-5-11-4-2-6-12(16)15(11)13/h3,5-6,8-9,13,17H,1-2,4,7,16H2,(H,18,19). The topological polar surface area (TPSA) is 75.3 Å². The normalized spacial score (nSPS) is 22.1. The Morgan fingerprint density at radius 1 is 1.53 bits per heavy atom. The van der Waals surface area contributed by atoms with Crippen molar-refractivity contribution in [3.05, 3.63) is 59.5 Å². The predicted octanol–water partition coefficient (Wildman–Crippen LogP) is 1.99. The molecule has 0 bridgehead atoms. The maximum absolute atomic E-state index is 10.5. The zero-order valence-electron chi connectivity index (χ0n) is 10.7. The fraction of sp³-hybridized carbons (Fsp3) is 0.267. The van der Waals surface area contributed by atoms with Crippen LogP contribution in [0.2, 0.25) is 0 Å². The van der Waals surface area contributed by atoms with Gasteiger partial charge >= 0.3 is 5.97 Å². The molecule has 0 spiro atoms. The molecule has 4 N–H and O–H groups in total. The van der Waals surface area contributed by atoms with E-state index >= 15 is 0 Å². The van der Waals surface area contributed by atoms with Gasteiger partial charge in [0, 0.05) is 23.0 Å². The van der Waals surface area contributed by atoms with E-state index in [2.05, 4.69) is 24.0 Å². The highest BCUT2D eigenvalue weighted by Gasteiger charge is 2.23. The maximum atomic E-state index is 10.5. The molecule has 19 heavy (non-hydrogen) atoms. The Hall–Kier alpha value is -2.23. The van der Waals surface area contributed by atoms with Crippen molar-refractivity contribution in [2.75, 3.05) is 0 Å². The number of hydrogen-bond donors (Lipinski definition) is 3. The molecule has 100 valence electrons. The molecule has 1 unspecified atom stereocenters. The molecule has 0 aromatic heterocycles. The monoisotopic (exact) mass is 258 g/mol. The highest BCUT2D eigenvalue weighted by atomic mass is 16.4. The number of hydrogen-bond acceptors (Lipinski definition) is 3. The van der Waals surface area contributed by atoms with Crippen LogP contribution in [-0.4, -0.2) is 17.1 Å². The van der Waals surface area contributed by atoms with Crippen LogP contribution in [0.25, 0.3) is 0 Å². The zero-order chi connectivity index (χ0) is 13.8. The lowest BCUT2D eigenvalue weighted by molar-refractivity contribution is -0.131. The predicted molar refractivity (Wildman–Crippen MR) is 75.1 cm³/mol. The second kappa shape index (κ2) is 5.61. The molecule has 0 saturated heterocycles. The van der Waals surface area contributed by atoms with Gasteiger partial charge in [0.2, 0.25) is 0 Å². The van der Waals surface area contributed by atoms with Crippen molar-refractivity contribution in [3.63, 3.8) is 0 Å². The molecule has 1 atom stereocenters. The summed E-state index contributed by atoms with van der Waals surface area (Å²) in [7, 11) is 0. The van der Waals surface area contributed by atoms with Crippen LogP contribution in [0, 0.1) is 0 Å². The minimum absolute atomic E-state index is 0.0718. The molecule has 0 saturated carbocycles. The van der Waals surface area contributed by atoms with Crippen LogP contribution in [0.5, 0.6) is 0 Å². The van der Waals surface area contributed by atoms with Crippen molar-refractivity contribution in [1.29, 1.82) is 0 Å². The minimum Gasteiger partial charge on any atom is -0.478 e. The van der Waals surface area contributed by atoms with Gasteiger partial charge in [-0.1, -0.05) is 24.8 Å². The van der Waals surface area contributed by atoms with Crippen LogP contribution in [-0.2, 0) is 4.79 Å². The van der Waals surface area contributed by atoms with Gasteiger partial charge in [0.15, 0.2) is 0 Å². The number of aliphatic carboxylic acids is 1. The van der Waals surface area contributed by atoms with E-state index in [0.717, 1.165) is 36.6 Å². The fourth-order valence-corrected chi connectivity index (χ4v) is 2.45. The molecular weight excluding hydrogens is 240 g/mol. The molecule has 2 aliphatic carbocycles. The molecule has 0 radical (unpaired) electrons. The molecular formula is C15H18N2O2. The first-order valence-corrected chi connectivity index (χ1v) is 6.30. The average molecular weight is 258 g/mol. The molecule has 4 heteroatoms. The van der Waals surface area contributed by atoms with Gasteiger partial charge in [0.05, 0.1) is 6.04 Å². The number of carbonyl (C=O) groups is 1. The molecule has 0 aromatic carbocycles. The van der Waals surface area contributed by atoms with Crippen molar-refractivity contribution in [3.8, 4) is 0 Å². The van der Waals surface area contributed by atoms with Crippen molar-refractivity contribution in [2.24, 2.45) is 5.73 Å². The van der Waals surface area contributed by atoms with Gasteiger partial charge in [-0.25, -0.2) is 4.79 Å². The van der Waals surface area contributed by atoms with Crippen LogP contribution in [0.3, 0.4) is 0 Å². The van der Waals surface area contributed by atoms with Crippen LogP contribution in [0.15, 0.2) is 59.5 Å². The smallest absolute Gasteiger partial charge is 0.328 e. The molecule has 2 rings (SSSR count). The van der Waals surface area contributed by atoms with Crippen molar-refractivity contribution in [1.82, 2.24) is 5.32 Å². The Labute approximate surface area is 112 Å². The van der Waals surface area contributed by atoms with E-state index in [1.807, 2.05) is 6.08 Å². The van der Waals surface area contributed by atoms with Gasteiger partial charge in [-0.15, -0.1) is 0 Å². The second-order valence-corrected chi connectivity index (χ2v) is 4.67. The van der Waals surface area contributed by atoms with Crippen LogP contribution in [0.4, 0.5) is 0 Å². The summed E-state index contributed by atoms with van der Waals surface area (Å²) >= 11 is 0. The molecule has 0 heterocycles. The van der Waals surface area contributed by atoms with Gasteiger partial charge in [0.1, 0.15) is 0 Å². The summed E-state index contributed by atoms with van der Waals surface area (Å²) in [4.78, 5) is 10.5. The van der Waals surface area contributed by atoms with E-state index in [9.17, 15) is 4.79 Å². The number of nitrogens with two attached hydrogens (primary N) is 1. The summed E-state index contributed by atoms with van der Waals surface area (Å²) in [5.41, 5.74) is 9.85. The Kier molecular flexibility index (Phi) is 3.90. The summed E-state index contributed by atoms with van der Waals surface area (Å²) < 4.78 is 0. The van der Waals surface area contributed by atoms with Crippen molar-refractivity contribution in [2.45, 2.75) is 25.3 Å². The van der Waals surface area contributed by atoms with Gasteiger partial charge < -0.3 is 16.2 Å². The Balaban J connectivity index is 2.11. The lowest BCUT2D eigenvalue weighted by atomic mass is 9.85. The summed E-state index contributed by atoms with van der Waals surface area (Å²) in [5.74, 6) is -0.983. The molecule has 0 aromatic rings. The number of nitrogens with one attached hydrogen (secondary N) is 1. The van der Waals surface area contributed by atoms with E-state index in [0.29, 0.717) is 5.70 Å². The molecule has 4 nitrogen and oxygen atoms in total. The Morgan fingerprint density at radius 3 is 3.05 bits per heavy atom. The summed E-state index contributed by atoms with van der Waals surface area (Å²) in [6.07, 6.45) is 11.6. The van der Waals surface area contributed by atoms with E-state index < -0.39 is 5.97 Å². The SMILES string of the molecule is C=C(C=CC(=O)O)NC1CC=CC2=C1C(N)=CCC2. The summed E-state index contributed by atoms with van der Waals surface area (Å²) in [6.45, 7) is 3.82. The highest BCUT2D eigenvalue weighted by molar-refractivity contribution is 5.80. The first-order valence-electron chi connectivity index (χ1n) is 6.30. The fourth-order valence-electron chi connectivity index (χ4n) is 2.45. The quantitative estimate of drug-likeness (QED) is 0.532. The zero-order valence-corrected chi connectivity index (χ0v) is 10.7. The van der Waals surface area contributed by atoms with E-state index in [-0.39, 0.29) is 6.04 Å². The number of allylic oxidation sites excluding steroid dienone is 4. The Morgan fingerprint density at radius 2 is 2.32 bits per heavy atom. The van der Waals surface area contributed by atoms with E-state index in [1.54, 1.807) is 0 Å². The van der Waals surface area contributed by atoms with Gasteiger partial charge in [-0.2, -0.15) is 0 Å². The third-order valence-corrected chi connectivity index (χ3v) is 3.26. The molecule has 0 aliphatic heterocycles. The van der Waals surface area contributed by atoms with Crippen molar-refractivity contribution >= 4 is 5.97 Å². The first kappa shape index (κ1) is 13.2. The Bertz CT molecular complexity index is 524. The first-order chi connectivity index (χ1) is 9.08. The van der Waals surface area contributed by atoms with E-state index in [4.69, 9.17) is 10.8 Å². The lowest BCUT2D eigenvalue weighted by Gasteiger charge is -2.29. The molecule has 2 aliphatic rings. The van der Waals surface area contributed by atoms with Crippen LogP contribution in [0.1, 0.15) is 19.3 Å². The summed E-state index contributed by atoms with van der Waals surface area (Å²) in [5, 5.41) is 11.8. The largest absolute Gasteiger partial charge is 0.478 e. The van der Waals surface area contributed by atoms with Gasteiger partial charge in [-0.05, 0) is 30.9 Å². The lowest BCUT2D eigenvalue weighted by Crippen LogP contribution is -2.34. The van der Waals surface area contributed by atoms with Gasteiger partial charge in [-0.3, -0.25) is 0 Å². The number of carboxylic acids is 1. The molecule has 0 fully saturated rings. The highest BCUT2D eigenvalue weighted by Crippen LogP contribution is 2.31. The van der Waals surface area contributed by atoms with Crippen LogP contribution >= 0.6 is 0 Å². The number of rotatable bonds is 4. The molecule has 0 amide bonds. The second-order valence-electron chi connectivity index (χ2n) is 4.67. The maximum Gasteiger partial charge on any atom is 0.328 e. The van der Waals surface area contributed by atoms with E-state index in [1.165, 1.54) is 11.6 Å². The minimum atomic E-state index is -0.983. The number of carboxylic acid groups (broad SMARTS) is 1. The average Bonchev–Trinajstić information content (AvgIpc) is 2.37. The third-order valence-electron chi connectivity index (χ3n) is 3.26. The third kappa shape index (κ3) is 3.16. The van der Waals surface area contributed by atoms with Crippen LogP contribution < -0.4 is 11.1 Å². The van der Waals surface area contributed by atoms with Gasteiger partial charge in [0.25, 0.3) is 0 Å². The van der Waals surface area contributed by atoms with Crippen molar-refractivity contribution < 1.29 is 9.90 Å².